The minimum absolute atomic E-state index is 0.127. The second-order valence-electron chi connectivity index (χ2n) is 8.42. The third kappa shape index (κ3) is 4.48. The van der Waals surface area contributed by atoms with Crippen LogP contribution in [0.4, 0.5) is 0 Å². The van der Waals surface area contributed by atoms with E-state index in [-0.39, 0.29) is 11.9 Å². The second kappa shape index (κ2) is 9.45. The van der Waals surface area contributed by atoms with Gasteiger partial charge in [-0.3, -0.25) is 4.79 Å². The van der Waals surface area contributed by atoms with Crippen molar-refractivity contribution < 1.29 is 14.3 Å². The monoisotopic (exact) mass is 428 g/mol. The number of nitrogens with zero attached hydrogens (tertiary/aromatic N) is 1. The Morgan fingerprint density at radius 2 is 1.62 bits per heavy atom. The summed E-state index contributed by atoms with van der Waals surface area (Å²) in [6.07, 6.45) is 2.17. The maximum Gasteiger partial charge on any atom is 0.254 e. The Labute approximate surface area is 189 Å². The molecule has 0 saturated carbocycles. The van der Waals surface area contributed by atoms with Gasteiger partial charge < -0.3 is 19.7 Å². The van der Waals surface area contributed by atoms with Crippen LogP contribution in [-0.4, -0.2) is 29.9 Å². The molecule has 2 heterocycles. The van der Waals surface area contributed by atoms with Crippen LogP contribution in [0, 0.1) is 0 Å². The van der Waals surface area contributed by atoms with Crippen molar-refractivity contribution in [3.63, 3.8) is 0 Å². The zero-order chi connectivity index (χ0) is 21.8. The number of nitrogens with one attached hydrogen (secondary N) is 1. The van der Waals surface area contributed by atoms with Gasteiger partial charge in [0.15, 0.2) is 0 Å². The van der Waals surface area contributed by atoms with Gasteiger partial charge in [-0.1, -0.05) is 48.5 Å². The first-order chi connectivity index (χ1) is 15.8. The Bertz CT molecular complexity index is 1060. The Morgan fingerprint density at radius 1 is 0.875 bits per heavy atom. The number of fused-ring (bicyclic) bond motifs is 1. The van der Waals surface area contributed by atoms with Crippen LogP contribution < -0.4 is 14.8 Å². The van der Waals surface area contributed by atoms with Crippen LogP contribution in [0.3, 0.4) is 0 Å². The minimum atomic E-state index is 0.127. The summed E-state index contributed by atoms with van der Waals surface area (Å²) in [6, 6.07) is 24.2. The number of para-hydroxylation sites is 1. The highest BCUT2D eigenvalue weighted by atomic mass is 16.5. The molecule has 2 aliphatic rings. The van der Waals surface area contributed by atoms with E-state index in [1.54, 1.807) is 0 Å². The van der Waals surface area contributed by atoms with Crippen LogP contribution in [0.1, 0.15) is 39.9 Å². The summed E-state index contributed by atoms with van der Waals surface area (Å²) in [5, 5.41) is 3.41. The molecule has 0 radical (unpaired) electrons. The van der Waals surface area contributed by atoms with E-state index in [4.69, 9.17) is 9.47 Å². The number of benzene rings is 3. The topological polar surface area (TPSA) is 50.8 Å². The minimum Gasteiger partial charge on any atom is -0.489 e. The Kier molecular flexibility index (Phi) is 6.08. The number of rotatable bonds is 7. The summed E-state index contributed by atoms with van der Waals surface area (Å²) < 4.78 is 12.0. The lowest BCUT2D eigenvalue weighted by molar-refractivity contribution is 0.0674. The Balaban J connectivity index is 1.20. The van der Waals surface area contributed by atoms with Crippen molar-refractivity contribution in [1.82, 2.24) is 10.2 Å². The molecular weight excluding hydrogens is 400 g/mol. The molecule has 3 aromatic rings. The molecule has 3 aromatic carbocycles. The summed E-state index contributed by atoms with van der Waals surface area (Å²) in [7, 11) is 0. The van der Waals surface area contributed by atoms with Gasteiger partial charge in [0.2, 0.25) is 0 Å². The first kappa shape index (κ1) is 20.6. The predicted molar refractivity (Wildman–Crippen MR) is 124 cm³/mol. The number of amides is 1. The lowest BCUT2D eigenvalue weighted by atomic mass is 10.1. The van der Waals surface area contributed by atoms with Crippen LogP contribution in [0.25, 0.3) is 0 Å². The van der Waals surface area contributed by atoms with E-state index in [0.717, 1.165) is 59.7 Å². The standard InChI is InChI=1S/C27H28N2O3/c30-27-24-9-4-10-26(25(24)17-29(27)22-6-5-15-28-16-22)32-19-21-13-11-20(12-14-21)18-31-23-7-2-1-3-8-23/h1-4,7-14,22,28H,5-6,15-19H2. The first-order valence-corrected chi connectivity index (χ1v) is 11.3. The van der Waals surface area contributed by atoms with Gasteiger partial charge in [0.05, 0.1) is 6.54 Å². The summed E-state index contributed by atoms with van der Waals surface area (Å²) in [4.78, 5) is 15.0. The number of piperidine rings is 1. The van der Waals surface area contributed by atoms with Crippen molar-refractivity contribution in [3.05, 3.63) is 95.1 Å². The highest BCUT2D eigenvalue weighted by molar-refractivity contribution is 5.99. The quantitative estimate of drug-likeness (QED) is 0.600. The van der Waals surface area contributed by atoms with Crippen molar-refractivity contribution in [1.29, 1.82) is 0 Å². The Morgan fingerprint density at radius 3 is 2.34 bits per heavy atom. The van der Waals surface area contributed by atoms with Gasteiger partial charge in [-0.25, -0.2) is 0 Å². The fourth-order valence-electron chi connectivity index (χ4n) is 4.43. The number of carbonyl (C=O) groups excluding carboxylic acids is 1. The summed E-state index contributed by atoms with van der Waals surface area (Å²) in [5.41, 5.74) is 3.99. The highest BCUT2D eigenvalue weighted by Gasteiger charge is 2.35. The SMILES string of the molecule is O=C1c2cccc(OCc3ccc(COc4ccccc4)cc3)c2CN1C1CCCNC1. The van der Waals surface area contributed by atoms with Gasteiger partial charge in [-0.15, -0.1) is 0 Å². The van der Waals surface area contributed by atoms with Crippen molar-refractivity contribution in [2.45, 2.75) is 38.6 Å². The average molecular weight is 429 g/mol. The van der Waals surface area contributed by atoms with Crippen LogP contribution in [0.5, 0.6) is 11.5 Å². The molecule has 2 aliphatic heterocycles. The molecule has 164 valence electrons. The third-order valence-electron chi connectivity index (χ3n) is 6.23. The van der Waals surface area contributed by atoms with Crippen LogP contribution >= 0.6 is 0 Å². The van der Waals surface area contributed by atoms with E-state index in [1.165, 1.54) is 0 Å². The van der Waals surface area contributed by atoms with Gasteiger partial charge in [0.1, 0.15) is 24.7 Å². The van der Waals surface area contributed by atoms with Crippen molar-refractivity contribution in [3.8, 4) is 11.5 Å². The molecule has 1 amide bonds. The molecule has 1 fully saturated rings. The number of hydrogen-bond donors (Lipinski definition) is 1. The van der Waals surface area contributed by atoms with E-state index in [0.29, 0.717) is 19.8 Å². The molecule has 0 aromatic heterocycles. The van der Waals surface area contributed by atoms with E-state index >= 15 is 0 Å². The van der Waals surface area contributed by atoms with Gasteiger partial charge >= 0.3 is 0 Å². The smallest absolute Gasteiger partial charge is 0.254 e. The van der Waals surface area contributed by atoms with E-state index in [2.05, 4.69) is 29.6 Å². The molecule has 5 rings (SSSR count). The molecule has 0 aliphatic carbocycles. The number of hydrogen-bond acceptors (Lipinski definition) is 4. The lowest BCUT2D eigenvalue weighted by Crippen LogP contribution is -2.46. The van der Waals surface area contributed by atoms with E-state index < -0.39 is 0 Å². The molecule has 1 N–H and O–H groups in total. The molecule has 5 heteroatoms. The first-order valence-electron chi connectivity index (χ1n) is 11.3. The van der Waals surface area contributed by atoms with Gasteiger partial charge in [0, 0.05) is 23.7 Å². The molecule has 32 heavy (non-hydrogen) atoms. The molecule has 0 spiro atoms. The third-order valence-corrected chi connectivity index (χ3v) is 6.23. The van der Waals surface area contributed by atoms with Crippen LogP contribution in [0.15, 0.2) is 72.8 Å². The Hall–Kier alpha value is -3.31. The van der Waals surface area contributed by atoms with Gasteiger partial charge in [0.25, 0.3) is 5.91 Å². The maximum atomic E-state index is 13.0. The molecule has 0 bridgehead atoms. The molecule has 5 nitrogen and oxygen atoms in total. The van der Waals surface area contributed by atoms with E-state index in [1.807, 2.05) is 53.4 Å². The van der Waals surface area contributed by atoms with Crippen molar-refractivity contribution in [2.75, 3.05) is 13.1 Å². The lowest BCUT2D eigenvalue weighted by Gasteiger charge is -2.31. The maximum absolute atomic E-state index is 13.0. The molecule has 1 saturated heterocycles. The summed E-state index contributed by atoms with van der Waals surface area (Å²) in [5.74, 6) is 1.80. The van der Waals surface area contributed by atoms with Crippen LogP contribution in [-0.2, 0) is 19.8 Å². The normalized spacial score (nSPS) is 17.8. The number of carbonyl (C=O) groups is 1. The summed E-state index contributed by atoms with van der Waals surface area (Å²) in [6.45, 7) is 3.54. The van der Waals surface area contributed by atoms with Gasteiger partial charge in [-0.2, -0.15) is 0 Å². The fourth-order valence-corrected chi connectivity index (χ4v) is 4.43. The van der Waals surface area contributed by atoms with Crippen molar-refractivity contribution in [2.24, 2.45) is 0 Å². The van der Waals surface area contributed by atoms with Crippen LogP contribution in [0.2, 0.25) is 0 Å². The molecular formula is C27H28N2O3. The summed E-state index contributed by atoms with van der Waals surface area (Å²) >= 11 is 0. The average Bonchev–Trinajstić information content (AvgIpc) is 3.20. The van der Waals surface area contributed by atoms with E-state index in [9.17, 15) is 4.79 Å². The second-order valence-corrected chi connectivity index (χ2v) is 8.42. The predicted octanol–water partition coefficient (Wildman–Crippen LogP) is 4.55. The number of ether oxygens (including phenoxy) is 2. The highest BCUT2D eigenvalue weighted by Crippen LogP contribution is 2.33. The molecule has 1 atom stereocenters. The largest absolute Gasteiger partial charge is 0.489 e. The fraction of sp³-hybridized carbons (Fsp3) is 0.296. The zero-order valence-corrected chi connectivity index (χ0v) is 18.1. The van der Waals surface area contributed by atoms with Gasteiger partial charge in [-0.05, 0) is 54.8 Å². The van der Waals surface area contributed by atoms with Crippen molar-refractivity contribution >= 4 is 5.91 Å². The molecule has 1 unspecified atom stereocenters. The zero-order valence-electron chi connectivity index (χ0n) is 18.1.